The third kappa shape index (κ3) is 4.77. The number of carbonyl (C=O) groups excluding carboxylic acids is 1. The second kappa shape index (κ2) is 7.85. The third-order valence-electron chi connectivity index (χ3n) is 3.88. The maximum Gasteiger partial charge on any atom is 0.229 e. The summed E-state index contributed by atoms with van der Waals surface area (Å²) >= 11 is 0. The molecule has 0 spiro atoms. The number of carbonyl (C=O) groups is 1. The maximum atomic E-state index is 12.5. The number of amides is 1. The lowest BCUT2D eigenvalue weighted by Crippen LogP contribution is -2.47. The van der Waals surface area contributed by atoms with Crippen molar-refractivity contribution in [1.82, 2.24) is 10.2 Å². The van der Waals surface area contributed by atoms with Crippen LogP contribution in [0.3, 0.4) is 0 Å². The van der Waals surface area contributed by atoms with Gasteiger partial charge in [-0.3, -0.25) is 4.79 Å². The van der Waals surface area contributed by atoms with Crippen LogP contribution in [0.25, 0.3) is 0 Å². The molecule has 1 saturated heterocycles. The Morgan fingerprint density at radius 1 is 1.37 bits per heavy atom. The SMILES string of the molecule is CCCNC1COCC1C(=O)N(C)C(C)CC(C)C. The first-order chi connectivity index (χ1) is 8.97. The molecular weight excluding hydrogens is 240 g/mol. The molecule has 0 radical (unpaired) electrons. The molecule has 0 aromatic heterocycles. The standard InChI is InChI=1S/C15H30N2O2/c1-6-7-16-14-10-19-9-13(14)15(18)17(5)12(4)8-11(2)3/h11-14,16H,6-10H2,1-5H3. The maximum absolute atomic E-state index is 12.5. The minimum Gasteiger partial charge on any atom is -0.379 e. The van der Waals surface area contributed by atoms with Gasteiger partial charge in [-0.05, 0) is 32.2 Å². The van der Waals surface area contributed by atoms with E-state index in [0.29, 0.717) is 25.2 Å². The fourth-order valence-corrected chi connectivity index (χ4v) is 2.65. The van der Waals surface area contributed by atoms with E-state index in [1.165, 1.54) is 0 Å². The molecule has 1 fully saturated rings. The molecule has 0 bridgehead atoms. The number of nitrogens with zero attached hydrogens (tertiary/aromatic N) is 1. The van der Waals surface area contributed by atoms with Gasteiger partial charge in [-0.25, -0.2) is 0 Å². The minimum absolute atomic E-state index is 0.0221. The predicted octanol–water partition coefficient (Wildman–Crippen LogP) is 1.89. The summed E-state index contributed by atoms with van der Waals surface area (Å²) in [5, 5.41) is 3.42. The Bertz CT molecular complexity index is 281. The number of ether oxygens (including phenoxy) is 1. The zero-order valence-corrected chi connectivity index (χ0v) is 13.1. The molecule has 0 aromatic carbocycles. The molecule has 1 rings (SSSR count). The molecule has 0 saturated carbocycles. The summed E-state index contributed by atoms with van der Waals surface area (Å²) in [5.41, 5.74) is 0. The molecular formula is C15H30N2O2. The molecule has 1 N–H and O–H groups in total. The highest BCUT2D eigenvalue weighted by Gasteiger charge is 2.36. The topological polar surface area (TPSA) is 41.6 Å². The lowest BCUT2D eigenvalue weighted by Gasteiger charge is -2.30. The van der Waals surface area contributed by atoms with Gasteiger partial charge in [-0.2, -0.15) is 0 Å². The van der Waals surface area contributed by atoms with Gasteiger partial charge >= 0.3 is 0 Å². The van der Waals surface area contributed by atoms with Gasteiger partial charge < -0.3 is 15.0 Å². The summed E-state index contributed by atoms with van der Waals surface area (Å²) in [7, 11) is 1.92. The minimum atomic E-state index is -0.0221. The van der Waals surface area contributed by atoms with E-state index in [2.05, 4.69) is 33.0 Å². The van der Waals surface area contributed by atoms with Crippen LogP contribution in [-0.2, 0) is 9.53 Å². The molecule has 1 amide bonds. The van der Waals surface area contributed by atoms with Gasteiger partial charge in [0, 0.05) is 19.1 Å². The zero-order valence-electron chi connectivity index (χ0n) is 13.1. The van der Waals surface area contributed by atoms with Crippen molar-refractivity contribution in [2.24, 2.45) is 11.8 Å². The molecule has 1 aliphatic rings. The molecule has 1 aliphatic heterocycles. The van der Waals surface area contributed by atoms with Crippen LogP contribution in [0.4, 0.5) is 0 Å². The largest absolute Gasteiger partial charge is 0.379 e. The van der Waals surface area contributed by atoms with E-state index in [4.69, 9.17) is 4.74 Å². The lowest BCUT2D eigenvalue weighted by molar-refractivity contribution is -0.136. The average Bonchev–Trinajstić information content (AvgIpc) is 2.81. The van der Waals surface area contributed by atoms with Crippen LogP contribution in [0.15, 0.2) is 0 Å². The van der Waals surface area contributed by atoms with Crippen molar-refractivity contribution < 1.29 is 9.53 Å². The second-order valence-electron chi connectivity index (χ2n) is 6.13. The quantitative estimate of drug-likeness (QED) is 0.768. The van der Waals surface area contributed by atoms with Crippen LogP contribution in [0.1, 0.15) is 40.5 Å². The third-order valence-corrected chi connectivity index (χ3v) is 3.88. The van der Waals surface area contributed by atoms with Crippen LogP contribution < -0.4 is 5.32 Å². The van der Waals surface area contributed by atoms with E-state index in [-0.39, 0.29) is 17.9 Å². The summed E-state index contributed by atoms with van der Waals surface area (Å²) in [6.45, 7) is 10.8. The van der Waals surface area contributed by atoms with Crippen molar-refractivity contribution in [3.8, 4) is 0 Å². The summed E-state index contributed by atoms with van der Waals surface area (Å²) < 4.78 is 5.49. The molecule has 112 valence electrons. The summed E-state index contributed by atoms with van der Waals surface area (Å²) in [5.74, 6) is 0.810. The number of hydrogen-bond acceptors (Lipinski definition) is 3. The van der Waals surface area contributed by atoms with Gasteiger partial charge in [0.05, 0.1) is 19.1 Å². The van der Waals surface area contributed by atoms with Gasteiger partial charge in [0.1, 0.15) is 0 Å². The Balaban J connectivity index is 2.54. The van der Waals surface area contributed by atoms with E-state index in [0.717, 1.165) is 19.4 Å². The van der Waals surface area contributed by atoms with E-state index >= 15 is 0 Å². The van der Waals surface area contributed by atoms with E-state index < -0.39 is 0 Å². The van der Waals surface area contributed by atoms with Gasteiger partial charge in [-0.1, -0.05) is 20.8 Å². The highest BCUT2D eigenvalue weighted by molar-refractivity contribution is 5.80. The molecule has 1 heterocycles. The molecule has 0 aliphatic carbocycles. The van der Waals surface area contributed by atoms with Crippen molar-refractivity contribution >= 4 is 5.91 Å². The van der Waals surface area contributed by atoms with Crippen molar-refractivity contribution in [1.29, 1.82) is 0 Å². The van der Waals surface area contributed by atoms with Gasteiger partial charge in [-0.15, -0.1) is 0 Å². The normalized spacial score (nSPS) is 24.7. The monoisotopic (exact) mass is 270 g/mol. The molecule has 19 heavy (non-hydrogen) atoms. The van der Waals surface area contributed by atoms with Crippen LogP contribution >= 0.6 is 0 Å². The Labute approximate surface area is 117 Å². The van der Waals surface area contributed by atoms with Gasteiger partial charge in [0.15, 0.2) is 0 Å². The van der Waals surface area contributed by atoms with Gasteiger partial charge in [0.25, 0.3) is 0 Å². The fourth-order valence-electron chi connectivity index (χ4n) is 2.65. The van der Waals surface area contributed by atoms with Gasteiger partial charge in [0.2, 0.25) is 5.91 Å². The molecule has 4 heteroatoms. The average molecular weight is 270 g/mol. The summed E-state index contributed by atoms with van der Waals surface area (Å²) in [4.78, 5) is 14.5. The van der Waals surface area contributed by atoms with Crippen molar-refractivity contribution in [2.75, 3.05) is 26.8 Å². The number of rotatable bonds is 7. The van der Waals surface area contributed by atoms with Crippen LogP contribution in [0.2, 0.25) is 0 Å². The van der Waals surface area contributed by atoms with E-state index in [1.807, 2.05) is 11.9 Å². The Hall–Kier alpha value is -0.610. The second-order valence-corrected chi connectivity index (χ2v) is 6.13. The van der Waals surface area contributed by atoms with Crippen molar-refractivity contribution in [3.63, 3.8) is 0 Å². The molecule has 0 aromatic rings. The van der Waals surface area contributed by atoms with Crippen LogP contribution in [-0.4, -0.2) is 49.7 Å². The first kappa shape index (κ1) is 16.4. The molecule has 4 nitrogen and oxygen atoms in total. The predicted molar refractivity (Wildman–Crippen MR) is 78.1 cm³/mol. The highest BCUT2D eigenvalue weighted by atomic mass is 16.5. The Morgan fingerprint density at radius 3 is 2.63 bits per heavy atom. The first-order valence-electron chi connectivity index (χ1n) is 7.55. The van der Waals surface area contributed by atoms with Crippen molar-refractivity contribution in [3.05, 3.63) is 0 Å². The smallest absolute Gasteiger partial charge is 0.229 e. The number of nitrogens with one attached hydrogen (secondary N) is 1. The summed E-state index contributed by atoms with van der Waals surface area (Å²) in [6.07, 6.45) is 2.12. The first-order valence-corrected chi connectivity index (χ1v) is 7.55. The van der Waals surface area contributed by atoms with Crippen LogP contribution in [0, 0.1) is 11.8 Å². The lowest BCUT2D eigenvalue weighted by atomic mass is 9.99. The molecule has 3 atom stereocenters. The Kier molecular flexibility index (Phi) is 6.80. The highest BCUT2D eigenvalue weighted by Crippen LogP contribution is 2.19. The molecule has 3 unspecified atom stereocenters. The van der Waals surface area contributed by atoms with E-state index in [9.17, 15) is 4.79 Å². The zero-order chi connectivity index (χ0) is 14.4. The summed E-state index contributed by atoms with van der Waals surface area (Å²) in [6, 6.07) is 0.473. The van der Waals surface area contributed by atoms with E-state index in [1.54, 1.807) is 0 Å². The number of hydrogen-bond donors (Lipinski definition) is 1. The van der Waals surface area contributed by atoms with Crippen LogP contribution in [0.5, 0.6) is 0 Å². The van der Waals surface area contributed by atoms with Crippen molar-refractivity contribution in [2.45, 2.75) is 52.6 Å². The Morgan fingerprint density at radius 2 is 2.05 bits per heavy atom. The fraction of sp³-hybridized carbons (Fsp3) is 0.933.